The molecule has 1 aliphatic heterocycles. The Labute approximate surface area is 129 Å². The minimum atomic E-state index is -0.334. The highest BCUT2D eigenvalue weighted by molar-refractivity contribution is 6.32. The lowest BCUT2D eigenvalue weighted by Gasteiger charge is -2.30. The lowest BCUT2D eigenvalue weighted by atomic mass is 9.97. The Morgan fingerprint density at radius 2 is 2.10 bits per heavy atom. The molecule has 1 aromatic carbocycles. The topological polar surface area (TPSA) is 63.4 Å². The standard InChI is InChI=1S/C16H19ClN2O2/c1-11(13-6-2-3-7-14(13)17)9-15(20)19-8-4-5-12(10-19)16(18)21/h2-3,6-7,9,12H,4-5,8,10H2,1H3,(H2,18,21)/b11-9+/t12-/m0/s1. The highest BCUT2D eigenvalue weighted by Gasteiger charge is 2.26. The first-order valence-corrected chi connectivity index (χ1v) is 7.38. The minimum absolute atomic E-state index is 0.0987. The highest BCUT2D eigenvalue weighted by Crippen LogP contribution is 2.24. The zero-order valence-electron chi connectivity index (χ0n) is 12.0. The summed E-state index contributed by atoms with van der Waals surface area (Å²) in [5, 5.41) is 0.618. The second-order valence-electron chi connectivity index (χ2n) is 5.33. The number of piperidine rings is 1. The molecular formula is C16H19ClN2O2. The first-order valence-electron chi connectivity index (χ1n) is 7.00. The number of likely N-dealkylation sites (tertiary alicyclic amines) is 1. The molecule has 2 amide bonds. The van der Waals surface area contributed by atoms with E-state index in [0.29, 0.717) is 18.1 Å². The van der Waals surface area contributed by atoms with Gasteiger partial charge in [0, 0.05) is 24.2 Å². The fourth-order valence-electron chi connectivity index (χ4n) is 2.54. The van der Waals surface area contributed by atoms with Crippen LogP contribution in [0.4, 0.5) is 0 Å². The molecule has 0 saturated carbocycles. The van der Waals surface area contributed by atoms with Gasteiger partial charge in [-0.05, 0) is 37.0 Å². The molecular weight excluding hydrogens is 288 g/mol. The van der Waals surface area contributed by atoms with Crippen LogP contribution in [0.25, 0.3) is 5.57 Å². The number of amides is 2. The molecule has 5 heteroatoms. The molecule has 1 atom stereocenters. The SMILES string of the molecule is C/C(=C\C(=O)N1CCC[C@H](C(N)=O)C1)c1ccccc1Cl. The Morgan fingerprint density at radius 1 is 1.38 bits per heavy atom. The van der Waals surface area contributed by atoms with Crippen LogP contribution in [0.1, 0.15) is 25.3 Å². The predicted octanol–water partition coefficient (Wildman–Crippen LogP) is 2.47. The van der Waals surface area contributed by atoms with E-state index in [-0.39, 0.29) is 17.7 Å². The van der Waals surface area contributed by atoms with Gasteiger partial charge in [0.15, 0.2) is 0 Å². The van der Waals surface area contributed by atoms with E-state index in [4.69, 9.17) is 17.3 Å². The van der Waals surface area contributed by atoms with Gasteiger partial charge in [-0.25, -0.2) is 0 Å². The zero-order valence-corrected chi connectivity index (χ0v) is 12.8. The highest BCUT2D eigenvalue weighted by atomic mass is 35.5. The van der Waals surface area contributed by atoms with E-state index < -0.39 is 0 Å². The van der Waals surface area contributed by atoms with E-state index in [2.05, 4.69) is 0 Å². The molecule has 0 bridgehead atoms. The largest absolute Gasteiger partial charge is 0.369 e. The maximum Gasteiger partial charge on any atom is 0.246 e. The van der Waals surface area contributed by atoms with Gasteiger partial charge in [-0.2, -0.15) is 0 Å². The van der Waals surface area contributed by atoms with Crippen molar-refractivity contribution < 1.29 is 9.59 Å². The van der Waals surface area contributed by atoms with Gasteiger partial charge in [0.25, 0.3) is 0 Å². The molecule has 1 heterocycles. The summed E-state index contributed by atoms with van der Waals surface area (Å²) < 4.78 is 0. The number of primary amides is 1. The van der Waals surface area contributed by atoms with Crippen molar-refractivity contribution in [3.05, 3.63) is 40.9 Å². The minimum Gasteiger partial charge on any atom is -0.369 e. The Hall–Kier alpha value is -1.81. The number of carbonyl (C=O) groups excluding carboxylic acids is 2. The lowest BCUT2D eigenvalue weighted by molar-refractivity contribution is -0.130. The third-order valence-corrected chi connectivity index (χ3v) is 4.10. The van der Waals surface area contributed by atoms with E-state index in [9.17, 15) is 9.59 Å². The molecule has 1 aromatic rings. The van der Waals surface area contributed by atoms with Gasteiger partial charge >= 0.3 is 0 Å². The Balaban J connectivity index is 2.11. The van der Waals surface area contributed by atoms with Crippen molar-refractivity contribution in [1.29, 1.82) is 0 Å². The number of allylic oxidation sites excluding steroid dienone is 1. The average Bonchev–Trinajstić information content (AvgIpc) is 2.47. The number of carbonyl (C=O) groups is 2. The van der Waals surface area contributed by atoms with Gasteiger partial charge in [0.05, 0.1) is 5.92 Å². The number of halogens is 1. The molecule has 0 radical (unpaired) electrons. The number of hydrogen-bond acceptors (Lipinski definition) is 2. The second kappa shape index (κ2) is 6.76. The van der Waals surface area contributed by atoms with E-state index in [1.165, 1.54) is 0 Å². The molecule has 112 valence electrons. The molecule has 0 aromatic heterocycles. The van der Waals surface area contributed by atoms with Gasteiger partial charge in [-0.3, -0.25) is 9.59 Å². The van der Waals surface area contributed by atoms with Gasteiger partial charge < -0.3 is 10.6 Å². The van der Waals surface area contributed by atoms with Crippen LogP contribution in [0.3, 0.4) is 0 Å². The molecule has 1 aliphatic rings. The molecule has 1 saturated heterocycles. The Bertz CT molecular complexity index is 583. The van der Waals surface area contributed by atoms with Gasteiger partial charge in [0.1, 0.15) is 0 Å². The zero-order chi connectivity index (χ0) is 15.4. The summed E-state index contributed by atoms with van der Waals surface area (Å²) in [4.78, 5) is 25.3. The smallest absolute Gasteiger partial charge is 0.246 e. The number of rotatable bonds is 3. The van der Waals surface area contributed by atoms with E-state index in [1.807, 2.05) is 25.1 Å². The summed E-state index contributed by atoms with van der Waals surface area (Å²) in [5.41, 5.74) is 6.99. The molecule has 0 aliphatic carbocycles. The fraction of sp³-hybridized carbons (Fsp3) is 0.375. The summed E-state index contributed by atoms with van der Waals surface area (Å²) in [5.74, 6) is -0.672. The third kappa shape index (κ3) is 3.85. The number of benzene rings is 1. The maximum atomic E-state index is 12.3. The van der Waals surface area contributed by atoms with Crippen LogP contribution in [-0.4, -0.2) is 29.8 Å². The number of nitrogens with zero attached hydrogens (tertiary/aromatic N) is 1. The summed E-state index contributed by atoms with van der Waals surface area (Å²) >= 11 is 6.13. The molecule has 2 rings (SSSR count). The van der Waals surface area contributed by atoms with Crippen molar-refractivity contribution in [2.24, 2.45) is 11.7 Å². The van der Waals surface area contributed by atoms with Crippen molar-refractivity contribution in [1.82, 2.24) is 4.90 Å². The second-order valence-corrected chi connectivity index (χ2v) is 5.74. The predicted molar refractivity (Wildman–Crippen MR) is 83.6 cm³/mol. The number of nitrogens with two attached hydrogens (primary N) is 1. The molecule has 1 fully saturated rings. The van der Waals surface area contributed by atoms with Crippen molar-refractivity contribution >= 4 is 29.0 Å². The van der Waals surface area contributed by atoms with Crippen LogP contribution < -0.4 is 5.73 Å². The van der Waals surface area contributed by atoms with Crippen molar-refractivity contribution in [2.45, 2.75) is 19.8 Å². The van der Waals surface area contributed by atoms with E-state index >= 15 is 0 Å². The van der Waals surface area contributed by atoms with Crippen LogP contribution in [0, 0.1) is 5.92 Å². The monoisotopic (exact) mass is 306 g/mol. The molecule has 2 N–H and O–H groups in total. The summed E-state index contributed by atoms with van der Waals surface area (Å²) in [6.07, 6.45) is 3.13. The van der Waals surface area contributed by atoms with Crippen molar-refractivity contribution in [2.75, 3.05) is 13.1 Å². The van der Waals surface area contributed by atoms with Gasteiger partial charge in [-0.1, -0.05) is 29.8 Å². The third-order valence-electron chi connectivity index (χ3n) is 3.77. The quantitative estimate of drug-likeness (QED) is 0.872. The van der Waals surface area contributed by atoms with Crippen molar-refractivity contribution in [3.8, 4) is 0 Å². The lowest BCUT2D eigenvalue weighted by Crippen LogP contribution is -2.43. The molecule has 21 heavy (non-hydrogen) atoms. The van der Waals surface area contributed by atoms with Crippen LogP contribution >= 0.6 is 11.6 Å². The molecule has 4 nitrogen and oxygen atoms in total. The summed E-state index contributed by atoms with van der Waals surface area (Å²) in [6, 6.07) is 7.41. The van der Waals surface area contributed by atoms with Crippen molar-refractivity contribution in [3.63, 3.8) is 0 Å². The van der Waals surface area contributed by atoms with Gasteiger partial charge in [-0.15, -0.1) is 0 Å². The average molecular weight is 307 g/mol. The molecule has 0 spiro atoms. The Morgan fingerprint density at radius 3 is 2.76 bits per heavy atom. The first-order chi connectivity index (χ1) is 9.99. The summed E-state index contributed by atoms with van der Waals surface area (Å²) in [7, 11) is 0. The van der Waals surface area contributed by atoms with Gasteiger partial charge in [0.2, 0.25) is 11.8 Å². The van der Waals surface area contributed by atoms with E-state index in [1.54, 1.807) is 17.0 Å². The Kier molecular flexibility index (Phi) is 5.02. The number of hydrogen-bond donors (Lipinski definition) is 1. The maximum absolute atomic E-state index is 12.3. The fourth-order valence-corrected chi connectivity index (χ4v) is 2.83. The van der Waals surface area contributed by atoms with Crippen LogP contribution in [0.2, 0.25) is 5.02 Å². The molecule has 0 unspecified atom stereocenters. The summed E-state index contributed by atoms with van der Waals surface area (Å²) in [6.45, 7) is 2.92. The van der Waals surface area contributed by atoms with Crippen LogP contribution in [0.5, 0.6) is 0 Å². The van der Waals surface area contributed by atoms with E-state index in [0.717, 1.165) is 24.0 Å². The first kappa shape index (κ1) is 15.6. The normalized spacial score (nSPS) is 19.4. The van der Waals surface area contributed by atoms with Crippen LogP contribution in [-0.2, 0) is 9.59 Å². The van der Waals surface area contributed by atoms with Crippen LogP contribution in [0.15, 0.2) is 30.3 Å².